The van der Waals surface area contributed by atoms with E-state index in [0.29, 0.717) is 0 Å². The van der Waals surface area contributed by atoms with Gasteiger partial charge in [-0.3, -0.25) is 0 Å². The van der Waals surface area contributed by atoms with Crippen LogP contribution in [0.5, 0.6) is 0 Å². The zero-order valence-electron chi connectivity index (χ0n) is 7.28. The highest BCUT2D eigenvalue weighted by atomic mass is 31.2. The molecule has 0 radical (unpaired) electrons. The molecule has 0 aliphatic heterocycles. The largest absolute Gasteiger partial charge is 0.467 e. The third-order valence-electron chi connectivity index (χ3n) is 1.39. The van der Waals surface area contributed by atoms with Crippen LogP contribution >= 0.6 is 7.60 Å². The summed E-state index contributed by atoms with van der Waals surface area (Å²) in [5, 5.41) is 0. The Morgan fingerprint density at radius 1 is 0.882 bits per heavy atom. The van der Waals surface area contributed by atoms with Gasteiger partial charge in [-0.25, -0.2) is 4.57 Å². The molecular formula is C4H2F9O3P. The zero-order chi connectivity index (χ0) is 14.1. The molecule has 0 aromatic rings. The van der Waals surface area contributed by atoms with E-state index < -0.39 is 31.8 Å². The number of hydrogen-bond acceptors (Lipinski definition) is 3. The first kappa shape index (κ1) is 16.5. The van der Waals surface area contributed by atoms with E-state index in [9.17, 15) is 44.4 Å². The summed E-state index contributed by atoms with van der Waals surface area (Å²) in [5.74, 6) is -6.08. The van der Waals surface area contributed by atoms with Gasteiger partial charge in [0.2, 0.25) is 0 Å². The average molecular weight is 300 g/mol. The molecule has 0 heterocycles. The molecule has 0 fully saturated rings. The van der Waals surface area contributed by atoms with Gasteiger partial charge in [-0.15, -0.1) is 0 Å². The van der Waals surface area contributed by atoms with E-state index in [1.807, 2.05) is 0 Å². The lowest BCUT2D eigenvalue weighted by atomic mass is 10.2. The van der Waals surface area contributed by atoms with Gasteiger partial charge in [0.25, 0.3) is 0 Å². The molecule has 0 unspecified atom stereocenters. The van der Waals surface area contributed by atoms with E-state index in [1.165, 1.54) is 0 Å². The van der Waals surface area contributed by atoms with Crippen LogP contribution < -0.4 is 0 Å². The van der Waals surface area contributed by atoms with Crippen molar-refractivity contribution in [1.29, 1.82) is 0 Å². The summed E-state index contributed by atoms with van der Waals surface area (Å²) in [7, 11) is -7.01. The molecule has 0 aliphatic carbocycles. The van der Waals surface area contributed by atoms with E-state index >= 15 is 0 Å². The lowest BCUT2D eigenvalue weighted by molar-refractivity contribution is -0.249. The fourth-order valence-corrected chi connectivity index (χ4v) is 1.33. The smallest absolute Gasteiger partial charge is 0.248 e. The molecule has 0 N–H and O–H groups in total. The summed E-state index contributed by atoms with van der Waals surface area (Å²) in [5.41, 5.74) is -6.33. The molecule has 0 atom stereocenters. The SMILES string of the molecule is O=P(OF)(OF)C(F)(F)C(F)(F)CC(F)(F)F. The van der Waals surface area contributed by atoms with Crippen molar-refractivity contribution in [2.24, 2.45) is 0 Å². The molecule has 0 aromatic heterocycles. The predicted octanol–water partition coefficient (Wildman–Crippen LogP) is 4.16. The van der Waals surface area contributed by atoms with Crippen molar-refractivity contribution in [3.8, 4) is 0 Å². The number of rotatable bonds is 5. The first-order valence-corrected chi connectivity index (χ1v) is 4.90. The molecule has 17 heavy (non-hydrogen) atoms. The van der Waals surface area contributed by atoms with Gasteiger partial charge in [0, 0.05) is 0 Å². The Morgan fingerprint density at radius 2 is 1.24 bits per heavy atom. The fourth-order valence-electron chi connectivity index (χ4n) is 0.656. The minimum atomic E-state index is -7.01. The van der Waals surface area contributed by atoms with Crippen LogP contribution in [-0.2, 0) is 14.0 Å². The Kier molecular flexibility index (Phi) is 4.52. The van der Waals surface area contributed by atoms with Crippen LogP contribution in [0.3, 0.4) is 0 Å². The number of halogens is 9. The second-order valence-electron chi connectivity index (χ2n) is 2.67. The molecule has 3 nitrogen and oxygen atoms in total. The Morgan fingerprint density at radius 3 is 1.47 bits per heavy atom. The summed E-state index contributed by atoms with van der Waals surface area (Å²) >= 11 is 0. The van der Waals surface area contributed by atoms with Gasteiger partial charge < -0.3 is 0 Å². The molecule has 0 amide bonds. The number of alkyl halides is 7. The monoisotopic (exact) mass is 300 g/mol. The first-order valence-electron chi connectivity index (χ1n) is 3.36. The van der Waals surface area contributed by atoms with E-state index in [1.54, 1.807) is 9.46 Å². The zero-order valence-corrected chi connectivity index (χ0v) is 8.18. The number of hydrogen-bond donors (Lipinski definition) is 0. The Labute approximate surface area is 86.8 Å². The molecule has 0 aliphatic rings. The molecule has 13 heteroatoms. The molecular weight excluding hydrogens is 298 g/mol. The van der Waals surface area contributed by atoms with Gasteiger partial charge in [-0.05, 0) is 9.05 Å². The van der Waals surface area contributed by atoms with Crippen LogP contribution in [-0.4, -0.2) is 17.8 Å². The average Bonchev–Trinajstić information content (AvgIpc) is 2.12. The van der Waals surface area contributed by atoms with Crippen molar-refractivity contribution < 1.29 is 53.8 Å². The van der Waals surface area contributed by atoms with Crippen molar-refractivity contribution in [2.45, 2.75) is 24.2 Å². The minimum Gasteiger partial charge on any atom is -0.248 e. The molecule has 104 valence electrons. The van der Waals surface area contributed by atoms with Crippen LogP contribution in [0.2, 0.25) is 0 Å². The third-order valence-corrected chi connectivity index (χ3v) is 2.77. The van der Waals surface area contributed by atoms with Crippen LogP contribution in [0, 0.1) is 0 Å². The topological polar surface area (TPSA) is 35.5 Å². The van der Waals surface area contributed by atoms with Crippen molar-refractivity contribution in [3.63, 3.8) is 0 Å². The molecule has 0 saturated carbocycles. The molecule has 0 bridgehead atoms. The maximum Gasteiger partial charge on any atom is 0.467 e. The van der Waals surface area contributed by atoms with E-state index in [-0.39, 0.29) is 0 Å². The second kappa shape index (κ2) is 4.65. The van der Waals surface area contributed by atoms with Gasteiger partial charge in [0.05, 0.1) is 0 Å². The van der Waals surface area contributed by atoms with Gasteiger partial charge in [-0.2, -0.15) is 30.7 Å². The summed E-state index contributed by atoms with van der Waals surface area (Å²) < 4.78 is 121. The highest BCUT2D eigenvalue weighted by molar-refractivity contribution is 7.55. The summed E-state index contributed by atoms with van der Waals surface area (Å²) in [4.78, 5) is 0. The van der Waals surface area contributed by atoms with Crippen molar-refractivity contribution >= 4 is 7.60 Å². The van der Waals surface area contributed by atoms with E-state index in [4.69, 9.17) is 0 Å². The maximum absolute atomic E-state index is 12.5. The Balaban J connectivity index is 5.36. The van der Waals surface area contributed by atoms with Gasteiger partial charge in [0.1, 0.15) is 6.42 Å². The lowest BCUT2D eigenvalue weighted by Gasteiger charge is -2.27. The van der Waals surface area contributed by atoms with Gasteiger partial charge in [0.15, 0.2) is 0 Å². The Hall–Kier alpha value is -0.480. The van der Waals surface area contributed by atoms with E-state index in [0.717, 1.165) is 0 Å². The van der Waals surface area contributed by atoms with Crippen molar-refractivity contribution in [1.82, 2.24) is 0 Å². The second-order valence-corrected chi connectivity index (χ2v) is 4.51. The first-order chi connectivity index (χ1) is 7.33. The van der Waals surface area contributed by atoms with Gasteiger partial charge in [-0.1, -0.05) is 9.46 Å². The van der Waals surface area contributed by atoms with Crippen LogP contribution in [0.15, 0.2) is 0 Å². The van der Waals surface area contributed by atoms with Gasteiger partial charge >= 0.3 is 25.4 Å². The quantitative estimate of drug-likeness (QED) is 0.565. The Bertz CT molecular complexity index is 304. The summed E-state index contributed by atoms with van der Waals surface area (Å²) in [6.45, 7) is 0. The molecule has 0 aromatic carbocycles. The third kappa shape index (κ3) is 3.26. The fraction of sp³-hybridized carbons (Fsp3) is 1.00. The van der Waals surface area contributed by atoms with Crippen molar-refractivity contribution in [3.05, 3.63) is 0 Å². The van der Waals surface area contributed by atoms with E-state index in [2.05, 4.69) is 0 Å². The van der Waals surface area contributed by atoms with Crippen LogP contribution in [0.4, 0.5) is 39.8 Å². The summed E-state index contributed by atoms with van der Waals surface area (Å²) in [6.07, 6.45) is -9.27. The lowest BCUT2D eigenvalue weighted by Crippen LogP contribution is -2.43. The predicted molar refractivity (Wildman–Crippen MR) is 32.6 cm³/mol. The van der Waals surface area contributed by atoms with Crippen LogP contribution in [0.1, 0.15) is 6.42 Å². The standard InChI is InChI=1S/C4H2F9O3P/c5-2(6,1-3(7,8)9)4(10,11)17(14,15-12)16-13/h1H2. The van der Waals surface area contributed by atoms with Crippen LogP contribution in [0.25, 0.3) is 0 Å². The molecule has 0 spiro atoms. The minimum absolute atomic E-state index is 1.71. The highest BCUT2D eigenvalue weighted by Gasteiger charge is 2.74. The molecule has 0 rings (SSSR count). The maximum atomic E-state index is 12.5. The van der Waals surface area contributed by atoms with Crippen molar-refractivity contribution in [2.75, 3.05) is 0 Å². The summed E-state index contributed by atoms with van der Waals surface area (Å²) in [6, 6.07) is 0. The highest BCUT2D eigenvalue weighted by Crippen LogP contribution is 2.68. The normalized spacial score (nSPS) is 15.1. The molecule has 0 saturated heterocycles.